The number of nitrogens with two attached hydrogens (primary N) is 1. The third-order valence-corrected chi connectivity index (χ3v) is 3.85. The van der Waals surface area contributed by atoms with Crippen molar-refractivity contribution in [3.05, 3.63) is 24.3 Å². The van der Waals surface area contributed by atoms with Crippen LogP contribution in [0.25, 0.3) is 0 Å². The molecule has 6 heteroatoms. The van der Waals surface area contributed by atoms with Crippen LogP contribution in [-0.2, 0) is 4.79 Å². The van der Waals surface area contributed by atoms with Crippen LogP contribution in [0.1, 0.15) is 0 Å². The number of carbonyl (C=O) groups excluding carboxylic acids is 1. The lowest BCUT2D eigenvalue weighted by molar-refractivity contribution is -0.120. The molecule has 0 aromatic heterocycles. The number of hydrogen-bond donors (Lipinski definition) is 2. The summed E-state index contributed by atoms with van der Waals surface area (Å²) in [5, 5.41) is -0.281. The van der Waals surface area contributed by atoms with Crippen LogP contribution < -0.4 is 20.9 Å². The summed E-state index contributed by atoms with van der Waals surface area (Å²) in [4.78, 5) is 13.7. The summed E-state index contributed by atoms with van der Waals surface area (Å²) in [5.41, 5.74) is 3.13. The zero-order valence-electron chi connectivity index (χ0n) is 9.55. The number of hydrogen-bond acceptors (Lipinski definition) is 5. The normalized spacial score (nSPS) is 19.2. The van der Waals surface area contributed by atoms with Crippen LogP contribution in [0, 0.1) is 0 Å². The van der Waals surface area contributed by atoms with Gasteiger partial charge in [0.1, 0.15) is 5.75 Å². The molecular weight excluding hydrogens is 238 g/mol. The second-order valence-corrected chi connectivity index (χ2v) is 4.79. The monoisotopic (exact) mass is 253 g/mol. The van der Waals surface area contributed by atoms with Crippen molar-refractivity contribution in [3.63, 3.8) is 0 Å². The smallest absolute Gasteiger partial charge is 0.267 e. The molecule has 1 aliphatic rings. The van der Waals surface area contributed by atoms with Crippen molar-refractivity contribution in [1.29, 1.82) is 0 Å². The maximum atomic E-state index is 11.7. The van der Waals surface area contributed by atoms with Gasteiger partial charge >= 0.3 is 0 Å². The number of ether oxygens (including phenoxy) is 1. The maximum Gasteiger partial charge on any atom is 0.267 e. The van der Waals surface area contributed by atoms with E-state index in [9.17, 15) is 4.79 Å². The molecule has 1 atom stereocenters. The van der Waals surface area contributed by atoms with Crippen LogP contribution >= 0.6 is 11.8 Å². The molecule has 5 nitrogen and oxygen atoms in total. The van der Waals surface area contributed by atoms with Crippen LogP contribution in [0.5, 0.6) is 5.75 Å². The van der Waals surface area contributed by atoms with Gasteiger partial charge in [-0.25, -0.2) is 5.84 Å². The summed E-state index contributed by atoms with van der Waals surface area (Å²) in [6.07, 6.45) is 0. The standard InChI is InChI=1S/C11H15N3O2S/c1-16-9-5-3-2-4-8(9)14-6-7-17-11(14)10(15)13-12/h2-5,11H,6-7,12H2,1H3,(H,13,15)/t11-/m1/s1. The quantitative estimate of drug-likeness (QED) is 0.468. The number of methoxy groups -OCH3 is 1. The summed E-state index contributed by atoms with van der Waals surface area (Å²) in [7, 11) is 1.63. The van der Waals surface area contributed by atoms with E-state index >= 15 is 0 Å². The van der Waals surface area contributed by atoms with Crippen molar-refractivity contribution in [2.24, 2.45) is 5.84 Å². The molecule has 0 spiro atoms. The van der Waals surface area contributed by atoms with Crippen LogP contribution in [0.15, 0.2) is 24.3 Å². The molecule has 17 heavy (non-hydrogen) atoms. The van der Waals surface area contributed by atoms with Crippen molar-refractivity contribution in [2.45, 2.75) is 5.37 Å². The maximum absolute atomic E-state index is 11.7. The molecule has 0 unspecified atom stereocenters. The van der Waals surface area contributed by atoms with Gasteiger partial charge in [0.25, 0.3) is 5.91 Å². The Bertz CT molecular complexity index is 413. The number of thioether (sulfide) groups is 1. The Morgan fingerprint density at radius 2 is 2.35 bits per heavy atom. The number of anilines is 1. The zero-order chi connectivity index (χ0) is 12.3. The molecular formula is C11H15N3O2S. The van der Waals surface area contributed by atoms with Gasteiger partial charge in [-0.2, -0.15) is 0 Å². The highest BCUT2D eigenvalue weighted by Crippen LogP contribution is 2.35. The third kappa shape index (κ3) is 2.32. The van der Waals surface area contributed by atoms with Crippen molar-refractivity contribution >= 4 is 23.4 Å². The van der Waals surface area contributed by atoms with Crippen molar-refractivity contribution in [2.75, 3.05) is 24.3 Å². The highest BCUT2D eigenvalue weighted by molar-refractivity contribution is 8.01. The van der Waals surface area contributed by atoms with Gasteiger partial charge in [0, 0.05) is 12.3 Å². The van der Waals surface area contributed by atoms with Crippen LogP contribution in [0.2, 0.25) is 0 Å². The number of benzene rings is 1. The van der Waals surface area contributed by atoms with Crippen molar-refractivity contribution in [1.82, 2.24) is 5.43 Å². The lowest BCUT2D eigenvalue weighted by Crippen LogP contribution is -2.44. The Morgan fingerprint density at radius 1 is 1.59 bits per heavy atom. The number of para-hydroxylation sites is 2. The fraction of sp³-hybridized carbons (Fsp3) is 0.364. The Hall–Kier alpha value is -1.40. The van der Waals surface area contributed by atoms with E-state index in [1.165, 1.54) is 0 Å². The first kappa shape index (κ1) is 12.1. The van der Waals surface area contributed by atoms with Gasteiger partial charge in [-0.05, 0) is 12.1 Å². The Labute approximate surface area is 104 Å². The van der Waals surface area contributed by atoms with E-state index in [-0.39, 0.29) is 11.3 Å². The van der Waals surface area contributed by atoms with Gasteiger partial charge in [0.15, 0.2) is 5.37 Å². The number of nitrogens with one attached hydrogen (secondary N) is 1. The van der Waals surface area contributed by atoms with Gasteiger partial charge in [0.2, 0.25) is 0 Å². The molecule has 1 heterocycles. The molecule has 0 radical (unpaired) electrons. The molecule has 1 saturated heterocycles. The highest BCUT2D eigenvalue weighted by Gasteiger charge is 2.32. The Balaban J connectivity index is 2.29. The lowest BCUT2D eigenvalue weighted by Gasteiger charge is -2.25. The molecule has 0 aliphatic carbocycles. The van der Waals surface area contributed by atoms with Crippen LogP contribution in [0.3, 0.4) is 0 Å². The van der Waals surface area contributed by atoms with E-state index in [0.29, 0.717) is 0 Å². The molecule has 3 N–H and O–H groups in total. The summed E-state index contributed by atoms with van der Waals surface area (Å²) < 4.78 is 5.31. The lowest BCUT2D eigenvalue weighted by atomic mass is 10.2. The second kappa shape index (κ2) is 5.29. The summed E-state index contributed by atoms with van der Waals surface area (Å²) in [6.45, 7) is 0.809. The zero-order valence-corrected chi connectivity index (χ0v) is 10.4. The van der Waals surface area contributed by atoms with E-state index in [1.807, 2.05) is 29.2 Å². The van der Waals surface area contributed by atoms with Gasteiger partial charge in [-0.3, -0.25) is 10.2 Å². The van der Waals surface area contributed by atoms with E-state index in [1.54, 1.807) is 18.9 Å². The largest absolute Gasteiger partial charge is 0.495 e. The molecule has 1 aromatic rings. The molecule has 0 bridgehead atoms. The van der Waals surface area contributed by atoms with E-state index in [2.05, 4.69) is 5.43 Å². The topological polar surface area (TPSA) is 67.6 Å². The number of hydrazine groups is 1. The van der Waals surface area contributed by atoms with Crippen LogP contribution in [-0.4, -0.2) is 30.7 Å². The molecule has 92 valence electrons. The molecule has 0 saturated carbocycles. The summed E-state index contributed by atoms with van der Waals surface area (Å²) in [6, 6.07) is 7.67. The number of carbonyl (C=O) groups is 1. The minimum Gasteiger partial charge on any atom is -0.495 e. The number of amides is 1. The molecule has 1 amide bonds. The minimum atomic E-state index is -0.281. The van der Waals surface area contributed by atoms with Gasteiger partial charge < -0.3 is 9.64 Å². The van der Waals surface area contributed by atoms with Crippen LogP contribution in [0.4, 0.5) is 5.69 Å². The van der Waals surface area contributed by atoms with Gasteiger partial charge in [0.05, 0.1) is 12.8 Å². The number of rotatable bonds is 3. The second-order valence-electron chi connectivity index (χ2n) is 3.60. The molecule has 2 rings (SSSR count). The summed E-state index contributed by atoms with van der Waals surface area (Å²) >= 11 is 1.58. The Kier molecular flexibility index (Phi) is 3.75. The first-order valence-electron chi connectivity index (χ1n) is 5.29. The van der Waals surface area contributed by atoms with Gasteiger partial charge in [-0.15, -0.1) is 11.8 Å². The van der Waals surface area contributed by atoms with Gasteiger partial charge in [-0.1, -0.05) is 12.1 Å². The number of nitrogens with zero attached hydrogens (tertiary/aromatic N) is 1. The first-order valence-corrected chi connectivity index (χ1v) is 6.34. The van der Waals surface area contributed by atoms with E-state index in [0.717, 1.165) is 23.7 Å². The molecule has 1 aromatic carbocycles. The van der Waals surface area contributed by atoms with Crippen molar-refractivity contribution in [3.8, 4) is 5.75 Å². The predicted molar refractivity (Wildman–Crippen MR) is 68.9 cm³/mol. The third-order valence-electron chi connectivity index (χ3n) is 2.65. The van der Waals surface area contributed by atoms with E-state index < -0.39 is 0 Å². The minimum absolute atomic E-state index is 0.182. The SMILES string of the molecule is COc1ccccc1N1CCS[C@@H]1C(=O)NN. The average molecular weight is 253 g/mol. The first-order chi connectivity index (χ1) is 8.27. The van der Waals surface area contributed by atoms with E-state index in [4.69, 9.17) is 10.6 Å². The highest BCUT2D eigenvalue weighted by atomic mass is 32.2. The fourth-order valence-corrected chi connectivity index (χ4v) is 3.02. The fourth-order valence-electron chi connectivity index (χ4n) is 1.87. The Morgan fingerprint density at radius 3 is 3.06 bits per heavy atom. The average Bonchev–Trinajstić information content (AvgIpc) is 2.86. The van der Waals surface area contributed by atoms with Crippen molar-refractivity contribution < 1.29 is 9.53 Å². The summed E-state index contributed by atoms with van der Waals surface area (Å²) in [5.74, 6) is 6.68. The molecule has 1 fully saturated rings. The molecule has 1 aliphatic heterocycles. The predicted octanol–water partition coefficient (Wildman–Crippen LogP) is 0.564.